The normalized spacial score (nSPS) is 13.3. The van der Waals surface area contributed by atoms with E-state index in [-0.39, 0.29) is 0 Å². The Balaban J connectivity index is 1.88. The second kappa shape index (κ2) is 6.50. The van der Waals surface area contributed by atoms with Gasteiger partial charge in [0.05, 0.1) is 11.2 Å². The summed E-state index contributed by atoms with van der Waals surface area (Å²) in [6, 6.07) is 28.0. The van der Waals surface area contributed by atoms with Crippen LogP contribution in [0.2, 0.25) is 0 Å². The predicted octanol–water partition coefficient (Wildman–Crippen LogP) is 7.30. The van der Waals surface area contributed by atoms with Crippen molar-refractivity contribution in [3.63, 3.8) is 0 Å². The molecule has 29 heavy (non-hydrogen) atoms. The fourth-order valence-corrected chi connectivity index (χ4v) is 5.03. The van der Waals surface area contributed by atoms with Crippen LogP contribution in [0.1, 0.15) is 17.7 Å². The molecule has 3 heteroatoms. The van der Waals surface area contributed by atoms with E-state index in [0.29, 0.717) is 0 Å². The molecule has 0 aliphatic heterocycles. The van der Waals surface area contributed by atoms with Gasteiger partial charge in [-0.2, -0.15) is 0 Å². The van der Waals surface area contributed by atoms with Crippen molar-refractivity contribution < 1.29 is 0 Å². The number of benzene rings is 3. The summed E-state index contributed by atoms with van der Waals surface area (Å²) < 4.78 is 5.96. The quantitative estimate of drug-likeness (QED) is 0.273. The fourth-order valence-electron chi connectivity index (χ4n) is 4.66. The lowest BCUT2D eigenvalue weighted by molar-refractivity contribution is 0.957. The van der Waals surface area contributed by atoms with Gasteiger partial charge in [-0.25, -0.2) is 0 Å². The lowest BCUT2D eigenvalue weighted by atomic mass is 10.0. The number of allylic oxidation sites excluding steroid dienone is 1. The van der Waals surface area contributed by atoms with Gasteiger partial charge in [-0.3, -0.25) is 9.13 Å². The molecule has 0 spiro atoms. The third-order valence-corrected chi connectivity index (χ3v) is 6.33. The second-order valence-corrected chi connectivity index (χ2v) is 8.42. The maximum absolute atomic E-state index is 3.70. The molecule has 2 nitrogen and oxygen atoms in total. The van der Waals surface area contributed by atoms with E-state index in [2.05, 4.69) is 116 Å². The van der Waals surface area contributed by atoms with Gasteiger partial charge in [0.2, 0.25) is 0 Å². The Labute approximate surface area is 177 Å². The van der Waals surface area contributed by atoms with Gasteiger partial charge in [-0.15, -0.1) is 0 Å². The molecule has 3 aromatic carbocycles. The third-order valence-electron chi connectivity index (χ3n) is 5.83. The topological polar surface area (TPSA) is 9.86 Å². The summed E-state index contributed by atoms with van der Waals surface area (Å²) >= 11 is 3.70. The van der Waals surface area contributed by atoms with E-state index >= 15 is 0 Å². The van der Waals surface area contributed by atoms with Crippen LogP contribution in [0.15, 0.2) is 89.4 Å². The molecule has 0 atom stereocenters. The highest BCUT2D eigenvalue weighted by atomic mass is 79.9. The van der Waals surface area contributed by atoms with Crippen LogP contribution in [0.5, 0.6) is 0 Å². The van der Waals surface area contributed by atoms with E-state index in [1.165, 1.54) is 44.6 Å². The number of rotatable bonds is 2. The molecule has 1 aliphatic rings. The number of aryl methyl sites for hydroxylation is 1. The Bertz CT molecular complexity index is 1390. The monoisotopic (exact) mass is 438 g/mol. The number of halogens is 1. The fraction of sp³-hybridized carbons (Fsp3) is 0.0769. The molecule has 0 bridgehead atoms. The van der Waals surface area contributed by atoms with Gasteiger partial charge in [-0.05, 0) is 66.9 Å². The number of aromatic nitrogens is 2. The predicted molar refractivity (Wildman–Crippen MR) is 125 cm³/mol. The van der Waals surface area contributed by atoms with Gasteiger partial charge in [0, 0.05) is 26.6 Å². The van der Waals surface area contributed by atoms with E-state index in [1.54, 1.807) is 0 Å². The Morgan fingerprint density at radius 3 is 2.17 bits per heavy atom. The molecule has 5 aromatic rings. The van der Waals surface area contributed by atoms with Gasteiger partial charge in [-0.1, -0.05) is 58.4 Å². The molecule has 0 fully saturated rings. The Hall–Kier alpha value is -3.04. The highest BCUT2D eigenvalue weighted by molar-refractivity contribution is 9.10. The SMILES string of the molecule is Brc1ccc2c(c1)c1c3c(n(-c4ccccc4)c1n2-c1ccccc1)C=CCC3. The minimum atomic E-state index is 1.07. The summed E-state index contributed by atoms with van der Waals surface area (Å²) in [7, 11) is 0. The average molecular weight is 439 g/mol. The number of fused-ring (bicyclic) bond motifs is 5. The minimum absolute atomic E-state index is 1.07. The second-order valence-electron chi connectivity index (χ2n) is 7.51. The summed E-state index contributed by atoms with van der Waals surface area (Å²) in [6.45, 7) is 0. The van der Waals surface area contributed by atoms with Crippen molar-refractivity contribution in [2.45, 2.75) is 12.8 Å². The van der Waals surface area contributed by atoms with Gasteiger partial charge < -0.3 is 0 Å². The van der Waals surface area contributed by atoms with Gasteiger partial charge in [0.15, 0.2) is 0 Å². The lowest BCUT2D eigenvalue weighted by Gasteiger charge is -2.15. The van der Waals surface area contributed by atoms with Crippen LogP contribution in [0.4, 0.5) is 0 Å². The van der Waals surface area contributed by atoms with Crippen LogP contribution in [0, 0.1) is 0 Å². The van der Waals surface area contributed by atoms with E-state index in [1.807, 2.05) is 0 Å². The Morgan fingerprint density at radius 2 is 1.45 bits per heavy atom. The zero-order chi connectivity index (χ0) is 19.4. The molecule has 0 N–H and O–H groups in total. The zero-order valence-electron chi connectivity index (χ0n) is 15.8. The molecule has 6 rings (SSSR count). The maximum Gasteiger partial charge on any atom is 0.131 e. The summed E-state index contributed by atoms with van der Waals surface area (Å²) in [6.07, 6.45) is 6.76. The van der Waals surface area contributed by atoms with Crippen LogP contribution in [-0.2, 0) is 6.42 Å². The van der Waals surface area contributed by atoms with Crippen LogP contribution >= 0.6 is 15.9 Å². The first-order valence-corrected chi connectivity index (χ1v) is 10.8. The molecule has 140 valence electrons. The Kier molecular flexibility index (Phi) is 3.78. The van der Waals surface area contributed by atoms with E-state index < -0.39 is 0 Å². The van der Waals surface area contributed by atoms with Gasteiger partial charge in [0.25, 0.3) is 0 Å². The van der Waals surface area contributed by atoms with Crippen molar-refractivity contribution in [2.24, 2.45) is 0 Å². The van der Waals surface area contributed by atoms with E-state index in [0.717, 1.165) is 17.3 Å². The molecular formula is C26H19BrN2. The summed E-state index contributed by atoms with van der Waals surface area (Å²) in [5.74, 6) is 0. The first-order valence-electron chi connectivity index (χ1n) is 9.97. The zero-order valence-corrected chi connectivity index (χ0v) is 17.4. The first kappa shape index (κ1) is 16.9. The molecule has 0 amide bonds. The molecule has 0 saturated carbocycles. The standard InChI is InChI=1S/C26H19BrN2/c27-18-15-16-24-22(17-18)25-21-13-7-8-14-23(21)28(19-9-3-1-4-10-19)26(25)29(24)20-11-5-2-6-12-20/h1-6,8-12,14-17H,7,13H2. The van der Waals surface area contributed by atoms with Crippen molar-refractivity contribution in [1.82, 2.24) is 9.13 Å². The number of para-hydroxylation sites is 2. The number of nitrogens with zero attached hydrogens (tertiary/aromatic N) is 2. The molecule has 0 unspecified atom stereocenters. The first-order chi connectivity index (χ1) is 14.3. The third kappa shape index (κ3) is 2.47. The summed E-state index contributed by atoms with van der Waals surface area (Å²) in [5, 5.41) is 2.67. The molecule has 1 aliphatic carbocycles. The van der Waals surface area contributed by atoms with Crippen molar-refractivity contribution in [2.75, 3.05) is 0 Å². The number of hydrogen-bond acceptors (Lipinski definition) is 0. The molecule has 0 saturated heterocycles. The van der Waals surface area contributed by atoms with Gasteiger partial charge >= 0.3 is 0 Å². The summed E-state index contributed by atoms with van der Waals surface area (Å²) in [4.78, 5) is 0. The number of hydrogen-bond donors (Lipinski definition) is 0. The van der Waals surface area contributed by atoms with Crippen LogP contribution < -0.4 is 0 Å². The van der Waals surface area contributed by atoms with E-state index in [4.69, 9.17) is 0 Å². The van der Waals surface area contributed by atoms with Crippen LogP contribution in [-0.4, -0.2) is 9.13 Å². The highest BCUT2D eigenvalue weighted by Crippen LogP contribution is 2.42. The molecule has 0 radical (unpaired) electrons. The highest BCUT2D eigenvalue weighted by Gasteiger charge is 2.25. The molecule has 2 heterocycles. The van der Waals surface area contributed by atoms with E-state index in [9.17, 15) is 0 Å². The van der Waals surface area contributed by atoms with Crippen molar-refractivity contribution >= 4 is 43.9 Å². The van der Waals surface area contributed by atoms with Crippen LogP contribution in [0.3, 0.4) is 0 Å². The van der Waals surface area contributed by atoms with Crippen molar-refractivity contribution in [3.05, 3.63) is 101 Å². The van der Waals surface area contributed by atoms with Crippen LogP contribution in [0.25, 0.3) is 39.4 Å². The largest absolute Gasteiger partial charge is 0.295 e. The molecular weight excluding hydrogens is 420 g/mol. The van der Waals surface area contributed by atoms with Crippen molar-refractivity contribution in [1.29, 1.82) is 0 Å². The average Bonchev–Trinajstić information content (AvgIpc) is 3.27. The van der Waals surface area contributed by atoms with Crippen molar-refractivity contribution in [3.8, 4) is 11.4 Å². The Morgan fingerprint density at radius 1 is 0.759 bits per heavy atom. The van der Waals surface area contributed by atoms with Gasteiger partial charge in [0.1, 0.15) is 5.65 Å². The molecule has 2 aromatic heterocycles. The minimum Gasteiger partial charge on any atom is -0.295 e. The maximum atomic E-state index is 3.70. The lowest BCUT2D eigenvalue weighted by Crippen LogP contribution is -2.04. The summed E-state index contributed by atoms with van der Waals surface area (Å²) in [5.41, 5.74) is 7.62. The smallest absolute Gasteiger partial charge is 0.131 e.